The van der Waals surface area contributed by atoms with Gasteiger partial charge in [0, 0.05) is 33.9 Å². The molecule has 0 aliphatic carbocycles. The number of aromatic nitrogens is 4. The molecule has 1 atom stereocenters. The van der Waals surface area contributed by atoms with E-state index in [0.717, 1.165) is 16.6 Å². The van der Waals surface area contributed by atoms with Crippen LogP contribution in [0.15, 0.2) is 48.7 Å². The van der Waals surface area contributed by atoms with Crippen LogP contribution in [0.25, 0.3) is 11.0 Å². The molecule has 0 spiro atoms. The van der Waals surface area contributed by atoms with Crippen molar-refractivity contribution in [3.05, 3.63) is 69.8 Å². The molecule has 0 saturated carbocycles. The molecule has 1 aliphatic rings. The SMILES string of the molecule is Nc1nc(NC2Cc3ccccc3N(C(=O)c3cc(Cl)cc(Cl)c3)C2)c2cn[nH]c2n1. The zero-order valence-corrected chi connectivity index (χ0v) is 17.7. The predicted molar refractivity (Wildman–Crippen MR) is 122 cm³/mol. The second-order valence-electron chi connectivity index (χ2n) is 7.31. The summed E-state index contributed by atoms with van der Waals surface area (Å²) in [5.41, 5.74) is 8.72. The van der Waals surface area contributed by atoms with Gasteiger partial charge in [-0.25, -0.2) is 0 Å². The minimum atomic E-state index is -0.181. The number of nitrogens with zero attached hydrogens (tertiary/aromatic N) is 4. The van der Waals surface area contributed by atoms with E-state index >= 15 is 0 Å². The zero-order valence-electron chi connectivity index (χ0n) is 16.1. The van der Waals surface area contributed by atoms with E-state index in [1.54, 1.807) is 29.3 Å². The molecule has 0 fully saturated rings. The summed E-state index contributed by atoms with van der Waals surface area (Å²) in [7, 11) is 0. The Morgan fingerprint density at radius 1 is 1.16 bits per heavy atom. The topological polar surface area (TPSA) is 113 Å². The van der Waals surface area contributed by atoms with Crippen molar-refractivity contribution in [2.45, 2.75) is 12.5 Å². The highest BCUT2D eigenvalue weighted by Crippen LogP contribution is 2.31. The van der Waals surface area contributed by atoms with Crippen LogP contribution in [-0.2, 0) is 6.42 Å². The number of fused-ring (bicyclic) bond motifs is 2. The number of aromatic amines is 1. The fourth-order valence-corrected chi connectivity index (χ4v) is 4.40. The molecule has 0 radical (unpaired) electrons. The molecular formula is C21H17Cl2N7O. The van der Waals surface area contributed by atoms with Crippen LogP contribution in [0.5, 0.6) is 0 Å². The van der Waals surface area contributed by atoms with Crippen LogP contribution in [0.3, 0.4) is 0 Å². The second-order valence-corrected chi connectivity index (χ2v) is 8.18. The summed E-state index contributed by atoms with van der Waals surface area (Å²) in [4.78, 5) is 23.6. The number of H-pyrrole nitrogens is 1. The van der Waals surface area contributed by atoms with Gasteiger partial charge in [-0.1, -0.05) is 41.4 Å². The first kappa shape index (κ1) is 19.6. The van der Waals surface area contributed by atoms with E-state index in [9.17, 15) is 4.79 Å². The van der Waals surface area contributed by atoms with Crippen LogP contribution in [0.2, 0.25) is 10.0 Å². The molecule has 8 nitrogen and oxygen atoms in total. The van der Waals surface area contributed by atoms with Gasteiger partial charge in [-0.2, -0.15) is 15.1 Å². The van der Waals surface area contributed by atoms with Crippen LogP contribution in [0.4, 0.5) is 17.5 Å². The minimum absolute atomic E-state index is 0.110. The van der Waals surface area contributed by atoms with Crippen molar-refractivity contribution in [1.82, 2.24) is 20.2 Å². The third kappa shape index (κ3) is 3.75. The normalized spacial score (nSPS) is 15.7. The number of anilines is 3. The number of carbonyl (C=O) groups excluding carboxylic acids is 1. The number of amides is 1. The molecule has 5 rings (SSSR count). The average molecular weight is 454 g/mol. The van der Waals surface area contributed by atoms with Crippen LogP contribution in [0, 0.1) is 0 Å². The molecule has 156 valence electrons. The highest BCUT2D eigenvalue weighted by atomic mass is 35.5. The Kier molecular flexibility index (Phi) is 4.88. The predicted octanol–water partition coefficient (Wildman–Crippen LogP) is 3.93. The lowest BCUT2D eigenvalue weighted by molar-refractivity contribution is 0.0984. The molecule has 0 saturated heterocycles. The molecule has 10 heteroatoms. The Morgan fingerprint density at radius 2 is 1.94 bits per heavy atom. The van der Waals surface area contributed by atoms with Crippen molar-refractivity contribution in [2.75, 3.05) is 22.5 Å². The summed E-state index contributed by atoms with van der Waals surface area (Å²) >= 11 is 12.3. The number of nitrogens with two attached hydrogens (primary N) is 1. The van der Waals surface area contributed by atoms with Gasteiger partial charge in [-0.3, -0.25) is 9.89 Å². The molecule has 1 amide bonds. The number of para-hydroxylation sites is 1. The summed E-state index contributed by atoms with van der Waals surface area (Å²) < 4.78 is 0. The van der Waals surface area contributed by atoms with E-state index < -0.39 is 0 Å². The molecule has 2 aromatic heterocycles. The molecule has 1 aliphatic heterocycles. The van der Waals surface area contributed by atoms with E-state index in [1.165, 1.54) is 0 Å². The van der Waals surface area contributed by atoms with Crippen molar-refractivity contribution < 1.29 is 4.79 Å². The quantitative estimate of drug-likeness (QED) is 0.433. The molecular weight excluding hydrogens is 437 g/mol. The fourth-order valence-electron chi connectivity index (χ4n) is 3.87. The first-order chi connectivity index (χ1) is 15.0. The first-order valence-corrected chi connectivity index (χ1v) is 10.3. The molecule has 3 heterocycles. The van der Waals surface area contributed by atoms with Gasteiger partial charge < -0.3 is 16.0 Å². The summed E-state index contributed by atoms with van der Waals surface area (Å²) in [6, 6.07) is 12.5. The van der Waals surface area contributed by atoms with Gasteiger partial charge in [0.1, 0.15) is 5.82 Å². The largest absolute Gasteiger partial charge is 0.368 e. The monoisotopic (exact) mass is 453 g/mol. The number of hydrogen-bond donors (Lipinski definition) is 3. The van der Waals surface area contributed by atoms with Gasteiger partial charge in [-0.15, -0.1) is 0 Å². The minimum Gasteiger partial charge on any atom is -0.368 e. The highest BCUT2D eigenvalue weighted by Gasteiger charge is 2.30. The fraction of sp³-hybridized carbons (Fsp3) is 0.143. The Labute approximate surface area is 187 Å². The van der Waals surface area contributed by atoms with Gasteiger partial charge in [-0.05, 0) is 36.2 Å². The summed E-state index contributed by atoms with van der Waals surface area (Å²) in [6.07, 6.45) is 2.35. The van der Waals surface area contributed by atoms with Crippen molar-refractivity contribution >= 4 is 57.6 Å². The number of nitrogens with one attached hydrogen (secondary N) is 2. The van der Waals surface area contributed by atoms with E-state index in [1.807, 2.05) is 24.3 Å². The van der Waals surface area contributed by atoms with Gasteiger partial charge in [0.15, 0.2) is 5.65 Å². The van der Waals surface area contributed by atoms with Gasteiger partial charge >= 0.3 is 0 Å². The lowest BCUT2D eigenvalue weighted by atomic mass is 9.97. The first-order valence-electron chi connectivity index (χ1n) is 9.57. The molecule has 4 aromatic rings. The lowest BCUT2D eigenvalue weighted by Crippen LogP contribution is -2.45. The number of benzene rings is 2. The maximum Gasteiger partial charge on any atom is 0.258 e. The van der Waals surface area contributed by atoms with E-state index in [4.69, 9.17) is 28.9 Å². The van der Waals surface area contributed by atoms with Crippen LogP contribution in [-0.4, -0.2) is 38.7 Å². The highest BCUT2D eigenvalue weighted by molar-refractivity contribution is 6.35. The van der Waals surface area contributed by atoms with Gasteiger partial charge in [0.25, 0.3) is 5.91 Å². The maximum atomic E-state index is 13.4. The van der Waals surface area contributed by atoms with Crippen molar-refractivity contribution in [3.63, 3.8) is 0 Å². The van der Waals surface area contributed by atoms with Crippen LogP contribution >= 0.6 is 23.2 Å². The summed E-state index contributed by atoms with van der Waals surface area (Å²) in [6.45, 7) is 0.420. The molecule has 2 aromatic carbocycles. The summed E-state index contributed by atoms with van der Waals surface area (Å²) in [5, 5.41) is 11.8. The summed E-state index contributed by atoms with van der Waals surface area (Å²) in [5.74, 6) is 0.523. The molecule has 0 bridgehead atoms. The number of rotatable bonds is 3. The van der Waals surface area contributed by atoms with Crippen molar-refractivity contribution in [2.24, 2.45) is 0 Å². The Morgan fingerprint density at radius 3 is 2.74 bits per heavy atom. The third-order valence-corrected chi connectivity index (χ3v) is 5.61. The maximum absolute atomic E-state index is 13.4. The van der Waals surface area contributed by atoms with E-state index in [-0.39, 0.29) is 17.9 Å². The Hall–Kier alpha value is -3.36. The molecule has 31 heavy (non-hydrogen) atoms. The molecule has 4 N–H and O–H groups in total. The van der Waals surface area contributed by atoms with Crippen LogP contribution < -0.4 is 16.0 Å². The number of nitrogen functional groups attached to an aromatic ring is 1. The standard InChI is InChI=1S/C21H17Cl2N7O/c22-13-5-12(6-14(23)8-13)20(31)30-10-15(7-11-3-1-2-4-17(11)30)26-18-16-9-25-29-19(16)28-21(24)27-18/h1-6,8-9,15H,7,10H2,(H4,24,25,26,27,28,29). The molecule has 1 unspecified atom stereocenters. The zero-order chi connectivity index (χ0) is 21.5. The number of carbonyl (C=O) groups is 1. The Bertz CT molecular complexity index is 1290. The van der Waals surface area contributed by atoms with Gasteiger partial charge in [0.05, 0.1) is 11.6 Å². The van der Waals surface area contributed by atoms with E-state index in [0.29, 0.717) is 40.0 Å². The number of halogens is 2. The second kappa shape index (κ2) is 7.72. The smallest absolute Gasteiger partial charge is 0.258 e. The van der Waals surface area contributed by atoms with Crippen molar-refractivity contribution in [1.29, 1.82) is 0 Å². The van der Waals surface area contributed by atoms with Crippen molar-refractivity contribution in [3.8, 4) is 0 Å². The third-order valence-electron chi connectivity index (χ3n) is 5.17. The Balaban J connectivity index is 1.50. The number of hydrogen-bond acceptors (Lipinski definition) is 6. The average Bonchev–Trinajstić information content (AvgIpc) is 3.20. The van der Waals surface area contributed by atoms with Gasteiger partial charge in [0.2, 0.25) is 5.95 Å². The van der Waals surface area contributed by atoms with Crippen LogP contribution in [0.1, 0.15) is 15.9 Å². The lowest BCUT2D eigenvalue weighted by Gasteiger charge is -2.35. The van der Waals surface area contributed by atoms with E-state index in [2.05, 4.69) is 25.5 Å².